The summed E-state index contributed by atoms with van der Waals surface area (Å²) in [5.41, 5.74) is 2.02. The number of nitrogens with one attached hydrogen (secondary N) is 1. The Morgan fingerprint density at radius 3 is 3.00 bits per heavy atom. The molecule has 0 aliphatic carbocycles. The third-order valence-corrected chi connectivity index (χ3v) is 6.23. The van der Waals surface area contributed by atoms with Gasteiger partial charge in [0.2, 0.25) is 12.7 Å². The number of benzene rings is 2. The number of hydrogen-bond acceptors (Lipinski definition) is 6. The number of carbonyl (C=O) groups is 1. The van der Waals surface area contributed by atoms with E-state index in [4.69, 9.17) is 9.47 Å². The van der Waals surface area contributed by atoms with E-state index >= 15 is 0 Å². The number of amides is 1. The fourth-order valence-electron chi connectivity index (χ4n) is 2.76. The van der Waals surface area contributed by atoms with Gasteiger partial charge in [0, 0.05) is 5.75 Å². The fourth-order valence-corrected chi connectivity index (χ4v) is 4.62. The molecule has 0 radical (unpaired) electrons. The van der Waals surface area contributed by atoms with E-state index in [1.54, 1.807) is 23.1 Å². The Labute approximate surface area is 159 Å². The second kappa shape index (κ2) is 7.55. The number of rotatable bonds is 6. The summed E-state index contributed by atoms with van der Waals surface area (Å²) in [6.07, 6.45) is 0. The minimum Gasteiger partial charge on any atom is -0.454 e. The average molecular weight is 386 g/mol. The molecule has 1 amide bonds. The van der Waals surface area contributed by atoms with Gasteiger partial charge in [-0.25, -0.2) is 4.98 Å². The molecule has 0 bridgehead atoms. The van der Waals surface area contributed by atoms with E-state index in [0.717, 1.165) is 33.3 Å². The highest BCUT2D eigenvalue weighted by molar-refractivity contribution is 7.99. The summed E-state index contributed by atoms with van der Waals surface area (Å²) >= 11 is 3.26. The molecule has 1 unspecified atom stereocenters. The van der Waals surface area contributed by atoms with Crippen LogP contribution in [0.3, 0.4) is 0 Å². The van der Waals surface area contributed by atoms with Crippen molar-refractivity contribution in [2.45, 2.75) is 18.7 Å². The Hall–Kier alpha value is -2.25. The third kappa shape index (κ3) is 3.78. The van der Waals surface area contributed by atoms with Crippen LogP contribution in [-0.2, 0) is 10.5 Å². The molecule has 134 valence electrons. The maximum absolute atomic E-state index is 12.2. The molecule has 0 spiro atoms. The lowest BCUT2D eigenvalue weighted by atomic mass is 10.1. The second-order valence-corrected chi connectivity index (χ2v) is 8.07. The van der Waals surface area contributed by atoms with Crippen LogP contribution in [0, 0.1) is 0 Å². The monoisotopic (exact) mass is 386 g/mol. The minimum absolute atomic E-state index is 0.0151. The van der Waals surface area contributed by atoms with Gasteiger partial charge in [-0.05, 0) is 36.8 Å². The maximum Gasteiger partial charge on any atom is 0.231 e. The lowest BCUT2D eigenvalue weighted by Gasteiger charge is -2.14. The number of carbonyl (C=O) groups excluding carboxylic acids is 1. The molecular formula is C19H18N2O3S2. The second-order valence-electron chi connectivity index (χ2n) is 5.97. The molecule has 1 N–H and O–H groups in total. The van der Waals surface area contributed by atoms with E-state index in [9.17, 15) is 4.79 Å². The van der Waals surface area contributed by atoms with Gasteiger partial charge in [0.1, 0.15) is 5.01 Å². The minimum atomic E-state index is -0.0833. The van der Waals surface area contributed by atoms with Gasteiger partial charge in [0.25, 0.3) is 0 Å². The molecule has 3 aromatic rings. The topological polar surface area (TPSA) is 60.5 Å². The highest BCUT2D eigenvalue weighted by Crippen LogP contribution is 2.34. The molecule has 1 atom stereocenters. The normalized spacial score (nSPS) is 13.7. The molecule has 2 aromatic carbocycles. The van der Waals surface area contributed by atoms with Crippen LogP contribution in [0.5, 0.6) is 11.5 Å². The maximum atomic E-state index is 12.2. The first-order valence-electron chi connectivity index (χ1n) is 8.30. The van der Waals surface area contributed by atoms with Gasteiger partial charge in [0.15, 0.2) is 11.5 Å². The SMILES string of the molecule is CC(NC(=O)CSCc1nc2ccccc2s1)c1ccc2c(c1)OCO2. The van der Waals surface area contributed by atoms with E-state index in [1.807, 2.05) is 43.3 Å². The van der Waals surface area contributed by atoms with E-state index in [2.05, 4.69) is 16.4 Å². The van der Waals surface area contributed by atoms with E-state index in [0.29, 0.717) is 5.75 Å². The van der Waals surface area contributed by atoms with Crippen molar-refractivity contribution in [1.82, 2.24) is 10.3 Å². The molecule has 0 fully saturated rings. The molecule has 7 heteroatoms. The van der Waals surface area contributed by atoms with Gasteiger partial charge in [0.05, 0.1) is 22.0 Å². The summed E-state index contributed by atoms with van der Waals surface area (Å²) < 4.78 is 11.9. The predicted molar refractivity (Wildman–Crippen MR) is 105 cm³/mol. The van der Waals surface area contributed by atoms with Crippen molar-refractivity contribution in [1.29, 1.82) is 0 Å². The molecule has 4 rings (SSSR count). The molecule has 1 aromatic heterocycles. The summed E-state index contributed by atoms with van der Waals surface area (Å²) in [7, 11) is 0. The van der Waals surface area contributed by atoms with E-state index in [-0.39, 0.29) is 18.7 Å². The Bertz CT molecular complexity index is 908. The number of nitrogens with zero attached hydrogens (tertiary/aromatic N) is 1. The summed E-state index contributed by atoms with van der Waals surface area (Å²) in [6, 6.07) is 13.8. The number of hydrogen-bond donors (Lipinski definition) is 1. The lowest BCUT2D eigenvalue weighted by molar-refractivity contribution is -0.119. The average Bonchev–Trinajstić information content (AvgIpc) is 3.27. The van der Waals surface area contributed by atoms with Crippen molar-refractivity contribution in [3.8, 4) is 11.5 Å². The molecule has 26 heavy (non-hydrogen) atoms. The predicted octanol–water partition coefficient (Wildman–Crippen LogP) is 4.14. The summed E-state index contributed by atoms with van der Waals surface area (Å²) in [6.45, 7) is 2.22. The van der Waals surface area contributed by atoms with E-state index in [1.165, 1.54) is 4.70 Å². The number of thioether (sulfide) groups is 1. The summed E-state index contributed by atoms with van der Waals surface area (Å²) in [5.74, 6) is 2.64. The number of thiazole rings is 1. The van der Waals surface area contributed by atoms with Gasteiger partial charge in [-0.2, -0.15) is 0 Å². The van der Waals surface area contributed by atoms with Crippen molar-refractivity contribution in [3.63, 3.8) is 0 Å². The Morgan fingerprint density at radius 1 is 1.27 bits per heavy atom. The number of aromatic nitrogens is 1. The molecule has 0 saturated heterocycles. The number of para-hydroxylation sites is 1. The van der Waals surface area contributed by atoms with Crippen molar-refractivity contribution in [3.05, 3.63) is 53.0 Å². The van der Waals surface area contributed by atoms with Gasteiger partial charge >= 0.3 is 0 Å². The molecule has 2 heterocycles. The van der Waals surface area contributed by atoms with Crippen LogP contribution in [0.2, 0.25) is 0 Å². The summed E-state index contributed by atoms with van der Waals surface area (Å²) in [5, 5.41) is 4.08. The van der Waals surface area contributed by atoms with Gasteiger partial charge in [-0.3, -0.25) is 4.79 Å². The van der Waals surface area contributed by atoms with Crippen molar-refractivity contribution in [2.24, 2.45) is 0 Å². The Balaban J connectivity index is 1.28. The lowest BCUT2D eigenvalue weighted by Crippen LogP contribution is -2.28. The number of ether oxygens (including phenoxy) is 2. The standard InChI is InChI=1S/C19H18N2O3S2/c1-12(13-6-7-15-16(8-13)24-11-23-15)20-18(22)9-25-10-19-21-14-4-2-3-5-17(14)26-19/h2-8,12H,9-11H2,1H3,(H,20,22). The molecule has 1 aliphatic rings. The Kier molecular flexibility index (Phi) is 4.99. The van der Waals surface area contributed by atoms with Crippen LogP contribution < -0.4 is 14.8 Å². The largest absolute Gasteiger partial charge is 0.454 e. The zero-order chi connectivity index (χ0) is 17.9. The first kappa shape index (κ1) is 17.2. The van der Waals surface area contributed by atoms with Crippen molar-refractivity contribution < 1.29 is 14.3 Å². The fraction of sp³-hybridized carbons (Fsp3) is 0.263. The van der Waals surface area contributed by atoms with Crippen LogP contribution in [0.4, 0.5) is 0 Å². The van der Waals surface area contributed by atoms with Crippen molar-refractivity contribution >= 4 is 39.2 Å². The van der Waals surface area contributed by atoms with Gasteiger partial charge < -0.3 is 14.8 Å². The smallest absolute Gasteiger partial charge is 0.231 e. The Morgan fingerprint density at radius 2 is 2.12 bits per heavy atom. The quantitative estimate of drug-likeness (QED) is 0.690. The molecule has 1 aliphatic heterocycles. The van der Waals surface area contributed by atoms with Crippen LogP contribution in [0.15, 0.2) is 42.5 Å². The van der Waals surface area contributed by atoms with Crippen LogP contribution >= 0.6 is 23.1 Å². The highest BCUT2D eigenvalue weighted by Gasteiger charge is 2.17. The van der Waals surface area contributed by atoms with Crippen LogP contribution in [-0.4, -0.2) is 23.4 Å². The number of fused-ring (bicyclic) bond motifs is 2. The highest BCUT2D eigenvalue weighted by atomic mass is 32.2. The van der Waals surface area contributed by atoms with E-state index < -0.39 is 0 Å². The van der Waals surface area contributed by atoms with Gasteiger partial charge in [-0.1, -0.05) is 18.2 Å². The van der Waals surface area contributed by atoms with Gasteiger partial charge in [-0.15, -0.1) is 23.1 Å². The first-order valence-corrected chi connectivity index (χ1v) is 10.3. The van der Waals surface area contributed by atoms with Crippen LogP contribution in [0.25, 0.3) is 10.2 Å². The van der Waals surface area contributed by atoms with Crippen LogP contribution in [0.1, 0.15) is 23.5 Å². The van der Waals surface area contributed by atoms with Crippen molar-refractivity contribution in [2.75, 3.05) is 12.5 Å². The molecule has 5 nitrogen and oxygen atoms in total. The first-order chi connectivity index (χ1) is 12.7. The zero-order valence-corrected chi connectivity index (χ0v) is 15.9. The zero-order valence-electron chi connectivity index (χ0n) is 14.2. The third-order valence-electron chi connectivity index (χ3n) is 4.07. The molecular weight excluding hydrogens is 368 g/mol. The summed E-state index contributed by atoms with van der Waals surface area (Å²) in [4.78, 5) is 16.8. The molecule has 0 saturated carbocycles.